The second-order valence-electron chi connectivity index (χ2n) is 11.7. The summed E-state index contributed by atoms with van der Waals surface area (Å²) in [5.41, 5.74) is 13.6. The van der Waals surface area contributed by atoms with Crippen molar-refractivity contribution >= 4 is 43.9 Å². The van der Waals surface area contributed by atoms with Crippen LogP contribution >= 0.6 is 0 Å². The first-order valence-electron chi connectivity index (χ1n) is 14.2. The Bertz CT molecular complexity index is 2340. The molecule has 2 aromatic heterocycles. The Kier molecular flexibility index (Phi) is 4.42. The number of para-hydroxylation sites is 2. The maximum atomic E-state index is 6.52. The second kappa shape index (κ2) is 7.99. The molecule has 0 amide bonds. The van der Waals surface area contributed by atoms with E-state index in [-0.39, 0.29) is 5.41 Å². The maximum Gasteiger partial charge on any atom is 0.143 e. The van der Waals surface area contributed by atoms with Gasteiger partial charge in [0.15, 0.2) is 0 Å². The van der Waals surface area contributed by atoms with Gasteiger partial charge < -0.3 is 8.83 Å². The lowest BCUT2D eigenvalue weighted by atomic mass is 9.82. The van der Waals surface area contributed by atoms with Gasteiger partial charge in [0, 0.05) is 32.5 Å². The highest BCUT2D eigenvalue weighted by molar-refractivity contribution is 6.12. The molecule has 6 aromatic carbocycles. The molecule has 0 fully saturated rings. The van der Waals surface area contributed by atoms with E-state index in [1.807, 2.05) is 18.2 Å². The van der Waals surface area contributed by atoms with E-state index in [9.17, 15) is 0 Å². The van der Waals surface area contributed by atoms with Crippen LogP contribution in [0.1, 0.15) is 25.0 Å². The van der Waals surface area contributed by atoms with Gasteiger partial charge in [0.2, 0.25) is 0 Å². The molecule has 9 rings (SSSR count). The zero-order valence-corrected chi connectivity index (χ0v) is 22.9. The molecule has 0 unspecified atom stereocenters. The maximum absolute atomic E-state index is 6.52. The fourth-order valence-electron chi connectivity index (χ4n) is 6.98. The summed E-state index contributed by atoms with van der Waals surface area (Å²) in [6.07, 6.45) is 0. The van der Waals surface area contributed by atoms with Crippen molar-refractivity contribution in [2.45, 2.75) is 19.3 Å². The lowest BCUT2D eigenvalue weighted by Crippen LogP contribution is -2.14. The first kappa shape index (κ1) is 22.7. The van der Waals surface area contributed by atoms with Gasteiger partial charge in [0.25, 0.3) is 0 Å². The average molecular weight is 527 g/mol. The minimum atomic E-state index is -0.0962. The summed E-state index contributed by atoms with van der Waals surface area (Å²) in [4.78, 5) is 0. The van der Waals surface area contributed by atoms with Gasteiger partial charge >= 0.3 is 0 Å². The van der Waals surface area contributed by atoms with Crippen molar-refractivity contribution < 1.29 is 8.83 Å². The van der Waals surface area contributed by atoms with E-state index >= 15 is 0 Å². The molecule has 8 aromatic rings. The molecule has 0 saturated carbocycles. The van der Waals surface area contributed by atoms with Crippen molar-refractivity contribution in [2.24, 2.45) is 0 Å². The Morgan fingerprint density at radius 1 is 0.439 bits per heavy atom. The van der Waals surface area contributed by atoms with Crippen molar-refractivity contribution in [2.75, 3.05) is 0 Å². The molecule has 0 bridgehead atoms. The van der Waals surface area contributed by atoms with E-state index in [4.69, 9.17) is 8.83 Å². The molecule has 0 spiro atoms. The molecular weight excluding hydrogens is 500 g/mol. The third-order valence-electron chi connectivity index (χ3n) is 9.09. The van der Waals surface area contributed by atoms with E-state index in [0.717, 1.165) is 33.1 Å². The smallest absolute Gasteiger partial charge is 0.143 e. The van der Waals surface area contributed by atoms with Gasteiger partial charge in [-0.15, -0.1) is 0 Å². The van der Waals surface area contributed by atoms with E-state index < -0.39 is 0 Å². The van der Waals surface area contributed by atoms with Gasteiger partial charge in [-0.2, -0.15) is 0 Å². The van der Waals surface area contributed by atoms with Gasteiger partial charge in [-0.05, 0) is 75.3 Å². The molecule has 2 heteroatoms. The molecule has 2 nitrogen and oxygen atoms in total. The quantitative estimate of drug-likeness (QED) is 0.224. The molecule has 41 heavy (non-hydrogen) atoms. The first-order valence-corrected chi connectivity index (χ1v) is 14.2. The number of hydrogen-bond acceptors (Lipinski definition) is 2. The molecule has 1 aliphatic carbocycles. The summed E-state index contributed by atoms with van der Waals surface area (Å²) in [5.74, 6) is 0. The normalized spacial score (nSPS) is 13.8. The van der Waals surface area contributed by atoms with E-state index in [1.54, 1.807) is 0 Å². The summed E-state index contributed by atoms with van der Waals surface area (Å²) < 4.78 is 12.6. The van der Waals surface area contributed by atoms with Crippen LogP contribution in [-0.4, -0.2) is 0 Å². The Hall–Kier alpha value is -5.08. The summed E-state index contributed by atoms with van der Waals surface area (Å²) in [5, 5.41) is 4.65. The monoisotopic (exact) mass is 526 g/mol. The van der Waals surface area contributed by atoms with Gasteiger partial charge in [-0.1, -0.05) is 98.8 Å². The predicted octanol–water partition coefficient (Wildman–Crippen LogP) is 11.1. The van der Waals surface area contributed by atoms with Crippen LogP contribution in [0.25, 0.3) is 77.3 Å². The van der Waals surface area contributed by atoms with Crippen LogP contribution in [0.2, 0.25) is 0 Å². The highest BCUT2D eigenvalue weighted by atomic mass is 16.3. The standard InChI is InChI=1S/C39H26O2/c1-39(2)32-17-14-25(22-31(32)37-33(39)18-16-29-27-10-3-6-13-35(27)41-38(29)37)23-8-7-9-24(20-23)26-15-19-36-30(21-26)28-11-4-5-12-34(28)40-36/h3-22H,1-2H3. The molecule has 2 heterocycles. The highest BCUT2D eigenvalue weighted by Crippen LogP contribution is 2.53. The zero-order chi connectivity index (χ0) is 27.3. The average Bonchev–Trinajstić information content (AvgIpc) is 3.64. The van der Waals surface area contributed by atoms with Crippen LogP contribution in [0.5, 0.6) is 0 Å². The number of rotatable bonds is 2. The van der Waals surface area contributed by atoms with Crippen LogP contribution in [-0.2, 0) is 5.41 Å². The van der Waals surface area contributed by atoms with E-state index in [2.05, 4.69) is 117 Å². The van der Waals surface area contributed by atoms with Crippen LogP contribution in [0.3, 0.4) is 0 Å². The van der Waals surface area contributed by atoms with E-state index in [0.29, 0.717) is 0 Å². The first-order chi connectivity index (χ1) is 20.1. The highest BCUT2D eigenvalue weighted by Gasteiger charge is 2.37. The largest absolute Gasteiger partial charge is 0.456 e. The molecule has 194 valence electrons. The van der Waals surface area contributed by atoms with Crippen molar-refractivity contribution in [3.63, 3.8) is 0 Å². The molecule has 0 saturated heterocycles. The van der Waals surface area contributed by atoms with Crippen molar-refractivity contribution in [1.29, 1.82) is 0 Å². The van der Waals surface area contributed by atoms with Crippen LogP contribution in [0.15, 0.2) is 130 Å². The SMILES string of the molecule is CC1(C)c2ccc(-c3cccc(-c4ccc5oc6ccccc6c5c4)c3)cc2-c2c1ccc1c2oc2ccccc21. The van der Waals surface area contributed by atoms with Crippen molar-refractivity contribution in [3.05, 3.63) is 132 Å². The predicted molar refractivity (Wildman–Crippen MR) is 169 cm³/mol. The Balaban J connectivity index is 1.20. The Morgan fingerprint density at radius 3 is 1.85 bits per heavy atom. The van der Waals surface area contributed by atoms with Crippen LogP contribution in [0, 0.1) is 0 Å². The molecular formula is C39H26O2. The fourth-order valence-corrected chi connectivity index (χ4v) is 6.98. The molecule has 0 N–H and O–H groups in total. The third-order valence-corrected chi connectivity index (χ3v) is 9.09. The van der Waals surface area contributed by atoms with Gasteiger partial charge in [-0.3, -0.25) is 0 Å². The second-order valence-corrected chi connectivity index (χ2v) is 11.7. The van der Waals surface area contributed by atoms with E-state index in [1.165, 1.54) is 55.3 Å². The van der Waals surface area contributed by atoms with Gasteiger partial charge in [0.1, 0.15) is 22.3 Å². The summed E-state index contributed by atoms with van der Waals surface area (Å²) in [7, 11) is 0. The third kappa shape index (κ3) is 3.13. The van der Waals surface area contributed by atoms with Crippen molar-refractivity contribution in [1.82, 2.24) is 0 Å². The topological polar surface area (TPSA) is 26.3 Å². The molecule has 0 radical (unpaired) electrons. The lowest BCUT2D eigenvalue weighted by molar-refractivity contribution is 0.653. The minimum Gasteiger partial charge on any atom is -0.456 e. The number of hydrogen-bond donors (Lipinski definition) is 0. The number of furan rings is 2. The summed E-state index contributed by atoms with van der Waals surface area (Å²) >= 11 is 0. The lowest BCUT2D eigenvalue weighted by Gasteiger charge is -2.21. The number of fused-ring (bicyclic) bond motifs is 10. The summed E-state index contributed by atoms with van der Waals surface area (Å²) in [6.45, 7) is 4.64. The Morgan fingerprint density at radius 2 is 1.05 bits per heavy atom. The minimum absolute atomic E-state index is 0.0962. The fraction of sp³-hybridized carbons (Fsp3) is 0.0769. The molecule has 0 aliphatic heterocycles. The van der Waals surface area contributed by atoms with Crippen LogP contribution < -0.4 is 0 Å². The van der Waals surface area contributed by atoms with Crippen LogP contribution in [0.4, 0.5) is 0 Å². The Labute approximate surface area is 237 Å². The molecule has 1 aliphatic rings. The van der Waals surface area contributed by atoms with Gasteiger partial charge in [-0.25, -0.2) is 0 Å². The number of benzene rings is 6. The summed E-state index contributed by atoms with van der Waals surface area (Å²) in [6, 6.07) is 43.4. The van der Waals surface area contributed by atoms with Gasteiger partial charge in [0.05, 0.1) is 0 Å². The van der Waals surface area contributed by atoms with Crippen molar-refractivity contribution in [3.8, 4) is 33.4 Å². The zero-order valence-electron chi connectivity index (χ0n) is 22.9. The molecule has 0 atom stereocenters.